The molecule has 3 rings (SSSR count). The minimum absolute atomic E-state index is 0.103. The third kappa shape index (κ3) is 1.18. The number of fused-ring (bicyclic) bond motifs is 4. The van der Waals surface area contributed by atoms with E-state index in [2.05, 4.69) is 12.2 Å². The van der Waals surface area contributed by atoms with Gasteiger partial charge in [-0.15, -0.1) is 0 Å². The molecule has 0 amide bonds. The summed E-state index contributed by atoms with van der Waals surface area (Å²) in [5.41, 5.74) is 0. The minimum Gasteiger partial charge on any atom is -0.393 e. The van der Waals surface area contributed by atoms with Gasteiger partial charge in [-0.1, -0.05) is 12.2 Å². The summed E-state index contributed by atoms with van der Waals surface area (Å²) >= 11 is 0. The van der Waals surface area contributed by atoms with Crippen molar-refractivity contribution < 1.29 is 14.3 Å². The van der Waals surface area contributed by atoms with Crippen molar-refractivity contribution in [3.8, 4) is 0 Å². The maximum Gasteiger partial charge on any atom is 0.317 e. The maximum atomic E-state index is 11.4. The number of rotatable bonds is 0. The molecule has 3 heteroatoms. The SMILES string of the molecule is O=C1OC(=O)[C@H]2[C@@H]3CC/C=C\CC[C@H]3[C@@H]12. The molecule has 3 aliphatic rings. The van der Waals surface area contributed by atoms with Crippen LogP contribution in [0.25, 0.3) is 0 Å². The van der Waals surface area contributed by atoms with E-state index in [0.717, 1.165) is 25.7 Å². The second-order valence-corrected chi connectivity index (χ2v) is 4.75. The smallest absolute Gasteiger partial charge is 0.317 e. The molecule has 15 heavy (non-hydrogen) atoms. The van der Waals surface area contributed by atoms with E-state index in [9.17, 15) is 9.59 Å². The molecule has 4 atom stereocenters. The Balaban J connectivity index is 1.84. The molecule has 0 bridgehead atoms. The summed E-state index contributed by atoms with van der Waals surface area (Å²) in [5.74, 6) is 0.0624. The fraction of sp³-hybridized carbons (Fsp3) is 0.667. The largest absolute Gasteiger partial charge is 0.393 e. The van der Waals surface area contributed by atoms with Gasteiger partial charge in [-0.2, -0.15) is 0 Å². The first-order valence-electron chi connectivity index (χ1n) is 5.69. The lowest BCUT2D eigenvalue weighted by atomic mass is 9.54. The van der Waals surface area contributed by atoms with Gasteiger partial charge in [-0.3, -0.25) is 9.59 Å². The first-order valence-corrected chi connectivity index (χ1v) is 5.69. The topological polar surface area (TPSA) is 43.4 Å². The first-order chi connectivity index (χ1) is 7.29. The molecule has 1 saturated heterocycles. The van der Waals surface area contributed by atoms with Crippen LogP contribution in [0.1, 0.15) is 25.7 Å². The van der Waals surface area contributed by atoms with E-state index in [-0.39, 0.29) is 23.8 Å². The van der Waals surface area contributed by atoms with Crippen molar-refractivity contribution in [1.82, 2.24) is 0 Å². The quantitative estimate of drug-likeness (QED) is 0.344. The number of carbonyl (C=O) groups excluding carboxylic acids is 2. The van der Waals surface area contributed by atoms with Gasteiger partial charge in [0.05, 0.1) is 11.8 Å². The second-order valence-electron chi connectivity index (χ2n) is 4.75. The predicted molar refractivity (Wildman–Crippen MR) is 52.7 cm³/mol. The Kier molecular flexibility index (Phi) is 1.94. The Morgan fingerprint density at radius 1 is 0.933 bits per heavy atom. The lowest BCUT2D eigenvalue weighted by molar-refractivity contribution is -0.153. The predicted octanol–water partition coefficient (Wildman–Crippen LogP) is 1.68. The molecule has 0 aromatic carbocycles. The van der Waals surface area contributed by atoms with Gasteiger partial charge in [0.2, 0.25) is 0 Å². The lowest BCUT2D eigenvalue weighted by Gasteiger charge is -2.45. The van der Waals surface area contributed by atoms with Gasteiger partial charge < -0.3 is 4.74 Å². The number of hydrogen-bond donors (Lipinski definition) is 0. The van der Waals surface area contributed by atoms with Gasteiger partial charge in [0.25, 0.3) is 0 Å². The van der Waals surface area contributed by atoms with Crippen LogP contribution in [0, 0.1) is 23.7 Å². The van der Waals surface area contributed by atoms with Crippen LogP contribution in [0.3, 0.4) is 0 Å². The number of hydrogen-bond acceptors (Lipinski definition) is 3. The van der Waals surface area contributed by atoms with Crippen molar-refractivity contribution >= 4 is 11.9 Å². The third-order valence-electron chi connectivity index (χ3n) is 4.10. The van der Waals surface area contributed by atoms with E-state index in [1.165, 1.54) is 0 Å². The van der Waals surface area contributed by atoms with Crippen molar-refractivity contribution in [2.75, 3.05) is 0 Å². The van der Waals surface area contributed by atoms with Crippen LogP contribution in [0.4, 0.5) is 0 Å². The first kappa shape index (κ1) is 9.13. The maximum absolute atomic E-state index is 11.4. The summed E-state index contributed by atoms with van der Waals surface area (Å²) in [6.45, 7) is 0. The van der Waals surface area contributed by atoms with Crippen molar-refractivity contribution in [1.29, 1.82) is 0 Å². The van der Waals surface area contributed by atoms with Crippen LogP contribution in [0.2, 0.25) is 0 Å². The zero-order chi connectivity index (χ0) is 10.4. The van der Waals surface area contributed by atoms with E-state index in [1.54, 1.807) is 0 Å². The van der Waals surface area contributed by atoms with Crippen LogP contribution in [-0.2, 0) is 14.3 Å². The summed E-state index contributed by atoms with van der Waals surface area (Å²) in [7, 11) is 0. The number of cyclic esters (lactones) is 2. The summed E-state index contributed by atoms with van der Waals surface area (Å²) in [6.07, 6.45) is 8.50. The van der Waals surface area contributed by atoms with Crippen LogP contribution < -0.4 is 0 Å². The fourth-order valence-corrected chi connectivity index (χ4v) is 3.40. The van der Waals surface area contributed by atoms with Crippen molar-refractivity contribution in [2.45, 2.75) is 25.7 Å². The summed E-state index contributed by atoms with van der Waals surface area (Å²) < 4.78 is 4.72. The molecule has 0 N–H and O–H groups in total. The normalized spacial score (nSPS) is 45.6. The molecule has 0 radical (unpaired) electrons. The molecule has 1 aliphatic heterocycles. The van der Waals surface area contributed by atoms with Crippen LogP contribution in [-0.4, -0.2) is 11.9 Å². The molecule has 0 aromatic rings. The average Bonchev–Trinajstić information content (AvgIpc) is 2.38. The third-order valence-corrected chi connectivity index (χ3v) is 4.10. The van der Waals surface area contributed by atoms with Crippen molar-refractivity contribution in [3.05, 3.63) is 12.2 Å². The highest BCUT2D eigenvalue weighted by Gasteiger charge is 2.62. The molecular weight excluding hydrogens is 192 g/mol. The molecule has 1 heterocycles. The van der Waals surface area contributed by atoms with Crippen LogP contribution >= 0.6 is 0 Å². The Labute approximate surface area is 88.5 Å². The number of esters is 2. The average molecular weight is 206 g/mol. The van der Waals surface area contributed by atoms with Crippen LogP contribution in [0.15, 0.2) is 12.2 Å². The number of ether oxygens (including phenoxy) is 1. The Morgan fingerprint density at radius 3 is 1.87 bits per heavy atom. The monoisotopic (exact) mass is 206 g/mol. The van der Waals surface area contributed by atoms with E-state index in [1.807, 2.05) is 0 Å². The van der Waals surface area contributed by atoms with E-state index in [0.29, 0.717) is 11.8 Å². The summed E-state index contributed by atoms with van der Waals surface area (Å²) in [4.78, 5) is 22.9. The van der Waals surface area contributed by atoms with Gasteiger partial charge in [-0.05, 0) is 37.5 Å². The molecule has 0 spiro atoms. The highest BCUT2D eigenvalue weighted by Crippen LogP contribution is 2.55. The molecule has 80 valence electrons. The Bertz CT molecular complexity index is 313. The summed E-state index contributed by atoms with van der Waals surface area (Å²) in [5, 5.41) is 0. The fourth-order valence-electron chi connectivity index (χ4n) is 3.40. The van der Waals surface area contributed by atoms with Crippen LogP contribution in [0.5, 0.6) is 0 Å². The van der Waals surface area contributed by atoms with Gasteiger partial charge in [0.1, 0.15) is 0 Å². The van der Waals surface area contributed by atoms with E-state index >= 15 is 0 Å². The lowest BCUT2D eigenvalue weighted by Crippen LogP contribution is -2.48. The Morgan fingerprint density at radius 2 is 1.40 bits per heavy atom. The van der Waals surface area contributed by atoms with E-state index in [4.69, 9.17) is 4.74 Å². The Hall–Kier alpha value is -1.12. The molecule has 1 saturated carbocycles. The molecule has 0 unspecified atom stereocenters. The van der Waals surface area contributed by atoms with Crippen molar-refractivity contribution in [3.63, 3.8) is 0 Å². The van der Waals surface area contributed by atoms with Gasteiger partial charge >= 0.3 is 11.9 Å². The van der Waals surface area contributed by atoms with Gasteiger partial charge in [0.15, 0.2) is 0 Å². The standard InChI is InChI=1S/C12H14O3/c13-11-9-7-5-3-1-2-4-6-8(7)10(9)12(14)15-11/h1-2,7-10H,3-6H2/b2-1-/t7-,8-,9-,10+/m1/s1. The molecule has 0 aromatic heterocycles. The second kappa shape index (κ2) is 3.19. The van der Waals surface area contributed by atoms with Gasteiger partial charge in [0, 0.05) is 0 Å². The van der Waals surface area contributed by atoms with E-state index < -0.39 is 0 Å². The van der Waals surface area contributed by atoms with Crippen molar-refractivity contribution in [2.24, 2.45) is 23.7 Å². The summed E-state index contributed by atoms with van der Waals surface area (Å²) in [6, 6.07) is 0. The molecule has 2 fully saturated rings. The molecule has 2 aliphatic carbocycles. The minimum atomic E-state index is -0.268. The highest BCUT2D eigenvalue weighted by molar-refractivity contribution is 5.98. The zero-order valence-electron chi connectivity index (χ0n) is 8.52. The molecular formula is C12H14O3. The number of carbonyl (C=O) groups is 2. The molecule has 3 nitrogen and oxygen atoms in total. The van der Waals surface area contributed by atoms with Gasteiger partial charge in [-0.25, -0.2) is 0 Å². The number of allylic oxidation sites excluding steroid dienone is 2. The zero-order valence-corrected chi connectivity index (χ0v) is 8.52. The highest BCUT2D eigenvalue weighted by atomic mass is 16.6.